The van der Waals surface area contributed by atoms with Gasteiger partial charge in [0.05, 0.1) is 5.92 Å². The highest BCUT2D eigenvalue weighted by Crippen LogP contribution is 2.36. The summed E-state index contributed by atoms with van der Waals surface area (Å²) in [5, 5.41) is 13.5. The van der Waals surface area contributed by atoms with Crippen molar-refractivity contribution in [3.05, 3.63) is 59.0 Å². The Balaban J connectivity index is 1.87. The van der Waals surface area contributed by atoms with Crippen LogP contribution in [0.3, 0.4) is 0 Å². The van der Waals surface area contributed by atoms with Gasteiger partial charge in [-0.3, -0.25) is 4.79 Å². The second-order valence-electron chi connectivity index (χ2n) is 6.32. The zero-order valence-corrected chi connectivity index (χ0v) is 15.4. The monoisotopic (exact) mass is 353 g/mol. The van der Waals surface area contributed by atoms with Gasteiger partial charge in [-0.2, -0.15) is 0 Å². The topological polar surface area (TPSA) is 49.3 Å². The van der Waals surface area contributed by atoms with Gasteiger partial charge in [0, 0.05) is 22.7 Å². The maximum absolute atomic E-state index is 10.9. The molecule has 0 aliphatic carbocycles. The van der Waals surface area contributed by atoms with Gasteiger partial charge in [0.1, 0.15) is 0 Å². The molecular weight excluding hydrogens is 330 g/mol. The number of aryl methyl sites for hydroxylation is 1. The van der Waals surface area contributed by atoms with E-state index in [1.165, 1.54) is 31.7 Å². The number of carboxylic acids is 1. The van der Waals surface area contributed by atoms with Crippen LogP contribution in [-0.2, 0) is 17.8 Å². The highest BCUT2D eigenvalue weighted by Gasteiger charge is 2.12. The summed E-state index contributed by atoms with van der Waals surface area (Å²) in [4.78, 5) is 12.1. The first-order valence-electron chi connectivity index (χ1n) is 8.63. The lowest BCUT2D eigenvalue weighted by Crippen LogP contribution is -2.25. The highest BCUT2D eigenvalue weighted by atomic mass is 32.1. The predicted octanol–water partition coefficient (Wildman–Crippen LogP) is 4.94. The Morgan fingerprint density at radius 3 is 2.68 bits per heavy atom. The molecule has 0 aliphatic rings. The Hall–Kier alpha value is -2.17. The van der Waals surface area contributed by atoms with E-state index < -0.39 is 5.97 Å². The lowest BCUT2D eigenvalue weighted by atomic mass is 9.97. The first-order chi connectivity index (χ1) is 12.1. The number of fused-ring (bicyclic) bond motifs is 1. The number of benzene rings is 2. The number of carboxylic acid groups (broad SMARTS) is 1. The molecule has 0 amide bonds. The molecule has 0 aliphatic heterocycles. The van der Waals surface area contributed by atoms with Crippen LogP contribution in [0.2, 0.25) is 0 Å². The molecule has 1 unspecified atom stereocenters. The quantitative estimate of drug-likeness (QED) is 0.632. The van der Waals surface area contributed by atoms with Crippen LogP contribution in [0.15, 0.2) is 48.5 Å². The predicted molar refractivity (Wildman–Crippen MR) is 105 cm³/mol. The minimum atomic E-state index is -0.762. The molecule has 4 heteroatoms. The fraction of sp³-hybridized carbons (Fsp3) is 0.286. The fourth-order valence-electron chi connectivity index (χ4n) is 3.01. The van der Waals surface area contributed by atoms with Crippen LogP contribution in [0.5, 0.6) is 0 Å². The third-order valence-electron chi connectivity index (χ3n) is 4.45. The number of thiophene rings is 1. The van der Waals surface area contributed by atoms with Crippen molar-refractivity contribution in [1.29, 1.82) is 0 Å². The summed E-state index contributed by atoms with van der Waals surface area (Å²) in [6.07, 6.45) is 1.01. The van der Waals surface area contributed by atoms with Crippen LogP contribution < -0.4 is 5.32 Å². The highest BCUT2D eigenvalue weighted by molar-refractivity contribution is 7.19. The minimum absolute atomic E-state index is 0.374. The molecule has 0 bridgehead atoms. The second-order valence-corrected chi connectivity index (χ2v) is 7.45. The summed E-state index contributed by atoms with van der Waals surface area (Å²) in [7, 11) is 0. The van der Waals surface area contributed by atoms with Crippen molar-refractivity contribution in [3.8, 4) is 11.1 Å². The molecule has 0 fully saturated rings. The molecular formula is C21H23NO2S. The van der Waals surface area contributed by atoms with Gasteiger partial charge in [-0.15, -0.1) is 11.3 Å². The average Bonchev–Trinajstić information content (AvgIpc) is 3.04. The molecule has 3 rings (SSSR count). The van der Waals surface area contributed by atoms with E-state index in [0.717, 1.165) is 6.42 Å². The molecule has 3 aromatic rings. The van der Waals surface area contributed by atoms with Gasteiger partial charge >= 0.3 is 5.97 Å². The van der Waals surface area contributed by atoms with Gasteiger partial charge in [0.2, 0.25) is 0 Å². The summed E-state index contributed by atoms with van der Waals surface area (Å²) in [6, 6.07) is 17.2. The summed E-state index contributed by atoms with van der Waals surface area (Å²) in [5.41, 5.74) is 3.94. The van der Waals surface area contributed by atoms with E-state index in [9.17, 15) is 4.79 Å². The standard InChI is InChI=1S/C21H23NO2S/c1-3-15-7-4-5-9-18(15)19-10-6-8-16-11-17(25-20(16)19)13-22-12-14(2)21(23)24/h4-11,14,22H,3,12-13H2,1-2H3,(H,23,24). The smallest absolute Gasteiger partial charge is 0.307 e. The molecule has 1 heterocycles. The molecule has 0 radical (unpaired) electrons. The first kappa shape index (κ1) is 17.6. The zero-order valence-electron chi connectivity index (χ0n) is 14.6. The molecule has 0 saturated carbocycles. The van der Waals surface area contributed by atoms with Gasteiger partial charge in [-0.05, 0) is 34.6 Å². The van der Waals surface area contributed by atoms with Crippen molar-refractivity contribution in [3.63, 3.8) is 0 Å². The van der Waals surface area contributed by atoms with Crippen LogP contribution in [0, 0.1) is 5.92 Å². The van der Waals surface area contributed by atoms with Gasteiger partial charge in [0.15, 0.2) is 0 Å². The van der Waals surface area contributed by atoms with Gasteiger partial charge < -0.3 is 10.4 Å². The molecule has 25 heavy (non-hydrogen) atoms. The van der Waals surface area contributed by atoms with Crippen LogP contribution >= 0.6 is 11.3 Å². The fourth-order valence-corrected chi connectivity index (χ4v) is 4.16. The first-order valence-corrected chi connectivity index (χ1v) is 9.45. The zero-order chi connectivity index (χ0) is 17.8. The number of carbonyl (C=O) groups is 1. The third-order valence-corrected chi connectivity index (χ3v) is 5.64. The number of rotatable bonds is 7. The molecule has 3 nitrogen and oxygen atoms in total. The Kier molecular flexibility index (Phi) is 5.51. The Morgan fingerprint density at radius 2 is 1.92 bits per heavy atom. The van der Waals surface area contributed by atoms with E-state index in [0.29, 0.717) is 13.1 Å². The Bertz CT molecular complexity index is 884. The summed E-state index contributed by atoms with van der Waals surface area (Å²) in [5.74, 6) is -1.14. The SMILES string of the molecule is CCc1ccccc1-c1cccc2cc(CNCC(C)C(=O)O)sc12. The number of aliphatic carboxylic acids is 1. The van der Waals surface area contributed by atoms with Crippen LogP contribution in [0.25, 0.3) is 21.2 Å². The van der Waals surface area contributed by atoms with Crippen molar-refractivity contribution in [2.24, 2.45) is 5.92 Å². The molecule has 130 valence electrons. The van der Waals surface area contributed by atoms with Crippen molar-refractivity contribution in [2.75, 3.05) is 6.54 Å². The number of hydrogen-bond donors (Lipinski definition) is 2. The summed E-state index contributed by atoms with van der Waals surface area (Å²) < 4.78 is 1.30. The lowest BCUT2D eigenvalue weighted by molar-refractivity contribution is -0.140. The Morgan fingerprint density at radius 1 is 1.16 bits per heavy atom. The van der Waals surface area contributed by atoms with E-state index in [4.69, 9.17) is 5.11 Å². The Labute approximate surface area is 152 Å². The second kappa shape index (κ2) is 7.81. The summed E-state index contributed by atoms with van der Waals surface area (Å²) in [6.45, 7) is 5.09. The van der Waals surface area contributed by atoms with Crippen molar-refractivity contribution in [1.82, 2.24) is 5.32 Å². The van der Waals surface area contributed by atoms with E-state index in [1.54, 1.807) is 18.3 Å². The van der Waals surface area contributed by atoms with Crippen LogP contribution in [0.1, 0.15) is 24.3 Å². The number of nitrogens with one attached hydrogen (secondary N) is 1. The van der Waals surface area contributed by atoms with E-state index in [1.807, 2.05) is 0 Å². The molecule has 2 aromatic carbocycles. The molecule has 0 saturated heterocycles. The van der Waals surface area contributed by atoms with E-state index in [2.05, 4.69) is 60.8 Å². The van der Waals surface area contributed by atoms with Gasteiger partial charge in [-0.25, -0.2) is 0 Å². The van der Waals surface area contributed by atoms with E-state index >= 15 is 0 Å². The van der Waals surface area contributed by atoms with E-state index in [-0.39, 0.29) is 5.92 Å². The van der Waals surface area contributed by atoms with Crippen molar-refractivity contribution in [2.45, 2.75) is 26.8 Å². The van der Waals surface area contributed by atoms with Crippen molar-refractivity contribution < 1.29 is 9.90 Å². The molecule has 0 spiro atoms. The lowest BCUT2D eigenvalue weighted by Gasteiger charge is -2.09. The van der Waals surface area contributed by atoms with Gasteiger partial charge in [-0.1, -0.05) is 56.3 Å². The van der Waals surface area contributed by atoms with Crippen molar-refractivity contribution >= 4 is 27.4 Å². The molecule has 1 atom stereocenters. The average molecular weight is 353 g/mol. The van der Waals surface area contributed by atoms with Crippen LogP contribution in [0.4, 0.5) is 0 Å². The summed E-state index contributed by atoms with van der Waals surface area (Å²) >= 11 is 1.79. The maximum atomic E-state index is 10.9. The normalized spacial score (nSPS) is 12.4. The van der Waals surface area contributed by atoms with Gasteiger partial charge in [0.25, 0.3) is 0 Å². The number of hydrogen-bond acceptors (Lipinski definition) is 3. The maximum Gasteiger partial charge on any atom is 0.307 e. The third kappa shape index (κ3) is 3.91. The van der Waals surface area contributed by atoms with Crippen LogP contribution in [-0.4, -0.2) is 17.6 Å². The minimum Gasteiger partial charge on any atom is -0.481 e. The largest absolute Gasteiger partial charge is 0.481 e. The molecule has 2 N–H and O–H groups in total. The molecule has 1 aromatic heterocycles.